The summed E-state index contributed by atoms with van der Waals surface area (Å²) in [6.45, 7) is 6.55. The molecule has 3 aromatic rings. The molecule has 2 bridgehead atoms. The molecule has 1 spiro atoms. The molecule has 6 aliphatic rings. The zero-order chi connectivity index (χ0) is 42.0. The SMILES string of the molecule is CC[C@@]12C=CCN3CC[C@]4(c5cc([C@@]6(C(=O)OC)C[C@@H]7C[C@H](C(C)(F)F)CN(Cc8c6[nH]c6ccccc86)C7)c(OC)cc5N(C)C4[C@](O)(C(=O)OC)C1OC(C)=O)[C@H]32. The summed E-state index contributed by atoms with van der Waals surface area (Å²) in [5.74, 6) is -5.92. The highest BCUT2D eigenvalue weighted by Gasteiger charge is 2.80. The first-order chi connectivity index (χ1) is 28.1. The number of carbonyl (C=O) groups excluding carboxylic acids is 3. The minimum absolute atomic E-state index is 0.155. The summed E-state index contributed by atoms with van der Waals surface area (Å²) in [6, 6.07) is 10.3. The normalized spacial score (nSPS) is 35.8. The van der Waals surface area contributed by atoms with Crippen molar-refractivity contribution in [1.29, 1.82) is 0 Å². The first-order valence-corrected chi connectivity index (χ1v) is 20.7. The van der Waals surface area contributed by atoms with Crippen molar-refractivity contribution in [2.45, 2.75) is 93.5 Å². The van der Waals surface area contributed by atoms with Crippen LogP contribution in [0.4, 0.5) is 14.5 Å². The Balaban J connectivity index is 1.35. The number of nitrogens with zero attached hydrogens (tertiary/aromatic N) is 3. The summed E-state index contributed by atoms with van der Waals surface area (Å²) in [5.41, 5.74) is -1.64. The Kier molecular flexibility index (Phi) is 9.12. The number of ether oxygens (including phenoxy) is 4. The first kappa shape index (κ1) is 39.9. The number of alkyl halides is 2. The second-order valence-electron chi connectivity index (χ2n) is 18.0. The molecule has 2 saturated heterocycles. The van der Waals surface area contributed by atoms with Gasteiger partial charge in [0.25, 0.3) is 0 Å². The van der Waals surface area contributed by atoms with Crippen molar-refractivity contribution in [3.8, 4) is 5.75 Å². The first-order valence-electron chi connectivity index (χ1n) is 20.7. The Bertz CT molecular complexity index is 2270. The van der Waals surface area contributed by atoms with Gasteiger partial charge in [0.15, 0.2) is 6.10 Å². The Hall–Kier alpha value is -4.53. The Labute approximate surface area is 342 Å². The standard InChI is InChI=1S/C45H54F2N4O8/c1-8-42-14-11-16-51-17-15-43(36(42)51)30-19-31(34(56-5)20-33(30)49(4)37(43)45(55,40(54)58-7)38(42)59-25(2)52)44(39(53)57-6)21-26-18-27(41(3,46)47)23-50(22-26)24-29-28-12-9-10-13-32(28)48-35(29)44/h9-14,19-20,26-27,36-38,48,55H,8,15-18,21-24H2,1-7H3/t26-,27-,36+,37?,38?,42-,43-,44-,45+/m0/s1. The van der Waals surface area contributed by atoms with Gasteiger partial charge in [0, 0.05) is 96.9 Å². The van der Waals surface area contributed by atoms with Crippen LogP contribution < -0.4 is 9.64 Å². The van der Waals surface area contributed by atoms with E-state index in [2.05, 4.69) is 14.8 Å². The number of carbonyl (C=O) groups is 3. The lowest BCUT2D eigenvalue weighted by atomic mass is 9.47. The lowest BCUT2D eigenvalue weighted by Gasteiger charge is -2.63. The van der Waals surface area contributed by atoms with Gasteiger partial charge < -0.3 is 33.9 Å². The molecule has 1 aliphatic carbocycles. The third kappa shape index (κ3) is 5.17. The van der Waals surface area contributed by atoms with Crippen LogP contribution in [-0.4, -0.2) is 122 Å². The topological polar surface area (TPSA) is 134 Å². The van der Waals surface area contributed by atoms with Crippen LogP contribution in [-0.2, 0) is 46.0 Å². The minimum atomic E-state index is -2.94. The van der Waals surface area contributed by atoms with E-state index in [-0.39, 0.29) is 31.3 Å². The van der Waals surface area contributed by atoms with Gasteiger partial charge in [-0.2, -0.15) is 0 Å². The molecule has 1 saturated carbocycles. The number of hydrogen-bond acceptors (Lipinski definition) is 11. The summed E-state index contributed by atoms with van der Waals surface area (Å²) >= 11 is 0. The number of H-pyrrole nitrogens is 1. The molecule has 9 rings (SSSR count). The van der Waals surface area contributed by atoms with E-state index in [1.807, 2.05) is 67.4 Å². The van der Waals surface area contributed by atoms with Gasteiger partial charge in [0.1, 0.15) is 11.2 Å². The lowest BCUT2D eigenvalue weighted by Crippen LogP contribution is -2.81. The predicted octanol–water partition coefficient (Wildman–Crippen LogP) is 5.08. The quantitative estimate of drug-likeness (QED) is 0.188. The minimum Gasteiger partial charge on any atom is -0.496 e. The summed E-state index contributed by atoms with van der Waals surface area (Å²) in [4.78, 5) is 52.5. The number of piperidine rings is 1. The van der Waals surface area contributed by atoms with Gasteiger partial charge in [-0.05, 0) is 68.3 Å². The van der Waals surface area contributed by atoms with Crippen LogP contribution in [0.25, 0.3) is 10.9 Å². The van der Waals surface area contributed by atoms with Crippen molar-refractivity contribution in [1.82, 2.24) is 14.8 Å². The number of halogens is 2. The van der Waals surface area contributed by atoms with E-state index >= 15 is 13.6 Å². The van der Waals surface area contributed by atoms with Gasteiger partial charge in [-0.3, -0.25) is 19.4 Å². The number of likely N-dealkylation sites (N-methyl/N-ethyl adjacent to an activating group) is 1. The maximum absolute atomic E-state index is 15.3. The van der Waals surface area contributed by atoms with Gasteiger partial charge in [-0.15, -0.1) is 0 Å². The number of anilines is 1. The van der Waals surface area contributed by atoms with Gasteiger partial charge in [-0.1, -0.05) is 37.3 Å². The van der Waals surface area contributed by atoms with Gasteiger partial charge in [-0.25, -0.2) is 13.6 Å². The summed E-state index contributed by atoms with van der Waals surface area (Å²) in [6.07, 6.45) is 4.04. The maximum atomic E-state index is 15.3. The number of rotatable bonds is 7. The highest BCUT2D eigenvalue weighted by molar-refractivity contribution is 5.95. The van der Waals surface area contributed by atoms with Crippen LogP contribution >= 0.6 is 0 Å². The molecule has 2 aromatic carbocycles. The average Bonchev–Trinajstić information content (AvgIpc) is 3.86. The number of esters is 3. The van der Waals surface area contributed by atoms with Crippen molar-refractivity contribution in [3.05, 3.63) is 70.9 Å². The Morgan fingerprint density at radius 2 is 1.78 bits per heavy atom. The molecule has 0 amide bonds. The summed E-state index contributed by atoms with van der Waals surface area (Å²) in [5, 5.41) is 14.2. The highest BCUT2D eigenvalue weighted by Crippen LogP contribution is 2.68. The van der Waals surface area contributed by atoms with Crippen LogP contribution in [0, 0.1) is 17.3 Å². The third-order valence-corrected chi connectivity index (χ3v) is 15.3. The van der Waals surface area contributed by atoms with Crippen LogP contribution in [0.1, 0.15) is 68.8 Å². The van der Waals surface area contributed by atoms with E-state index in [9.17, 15) is 14.7 Å². The molecule has 6 heterocycles. The molecule has 1 aromatic heterocycles. The van der Waals surface area contributed by atoms with Crippen LogP contribution in [0.5, 0.6) is 5.75 Å². The van der Waals surface area contributed by atoms with Gasteiger partial charge >= 0.3 is 17.9 Å². The zero-order valence-electron chi connectivity index (χ0n) is 34.8. The maximum Gasteiger partial charge on any atom is 0.344 e. The smallest absolute Gasteiger partial charge is 0.344 e. The number of nitrogens with one attached hydrogen (secondary N) is 1. The highest BCUT2D eigenvalue weighted by atomic mass is 19.3. The van der Waals surface area contributed by atoms with Crippen molar-refractivity contribution in [3.63, 3.8) is 0 Å². The molecular formula is C45H54F2N4O8. The van der Waals surface area contributed by atoms with Crippen molar-refractivity contribution >= 4 is 34.5 Å². The van der Waals surface area contributed by atoms with E-state index in [1.165, 1.54) is 28.3 Å². The fraction of sp³-hybridized carbons (Fsp3) is 0.578. The molecule has 316 valence electrons. The zero-order valence-corrected chi connectivity index (χ0v) is 34.8. The van der Waals surface area contributed by atoms with Crippen molar-refractivity contribution in [2.24, 2.45) is 17.3 Å². The summed E-state index contributed by atoms with van der Waals surface area (Å²) in [7, 11) is 5.94. The molecule has 0 radical (unpaired) electrons. The summed E-state index contributed by atoms with van der Waals surface area (Å²) < 4.78 is 54.3. The fourth-order valence-corrected chi connectivity index (χ4v) is 13.2. The van der Waals surface area contributed by atoms with Crippen molar-refractivity contribution in [2.75, 3.05) is 59.5 Å². The monoisotopic (exact) mass is 816 g/mol. The Morgan fingerprint density at radius 3 is 2.46 bits per heavy atom. The molecule has 3 unspecified atom stereocenters. The molecular weight excluding hydrogens is 763 g/mol. The lowest BCUT2D eigenvalue weighted by molar-refractivity contribution is -0.228. The number of fused-ring (bicyclic) bond motifs is 6. The molecule has 5 aliphatic heterocycles. The van der Waals surface area contributed by atoms with E-state index in [0.717, 1.165) is 29.0 Å². The van der Waals surface area contributed by atoms with Crippen LogP contribution in [0.3, 0.4) is 0 Å². The second kappa shape index (κ2) is 13.5. The number of methoxy groups -OCH3 is 3. The average molecular weight is 817 g/mol. The second-order valence-corrected chi connectivity index (χ2v) is 18.0. The van der Waals surface area contributed by atoms with Gasteiger partial charge in [0.05, 0.1) is 27.4 Å². The molecule has 59 heavy (non-hydrogen) atoms. The Morgan fingerprint density at radius 1 is 1.03 bits per heavy atom. The van der Waals surface area contributed by atoms with Crippen molar-refractivity contribution < 1.29 is 47.2 Å². The van der Waals surface area contributed by atoms with Crippen LogP contribution in [0.2, 0.25) is 0 Å². The van der Waals surface area contributed by atoms with E-state index < -0.39 is 63.7 Å². The number of para-hydroxylation sites is 1. The van der Waals surface area contributed by atoms with E-state index in [1.54, 1.807) is 0 Å². The largest absolute Gasteiger partial charge is 0.496 e. The van der Waals surface area contributed by atoms with E-state index in [0.29, 0.717) is 61.7 Å². The fourth-order valence-electron chi connectivity index (χ4n) is 13.2. The number of hydrogen-bond donors (Lipinski definition) is 2. The molecule has 12 nitrogen and oxygen atoms in total. The molecule has 2 N–H and O–H groups in total. The van der Waals surface area contributed by atoms with Gasteiger partial charge in [0.2, 0.25) is 11.5 Å². The molecule has 10 atom stereocenters. The number of aliphatic hydroxyl groups is 1. The van der Waals surface area contributed by atoms with Crippen LogP contribution in [0.15, 0.2) is 48.6 Å². The number of aromatic nitrogens is 1. The number of benzene rings is 2. The molecule has 3 fully saturated rings. The molecule has 14 heteroatoms. The number of aromatic amines is 1. The van der Waals surface area contributed by atoms with E-state index in [4.69, 9.17) is 18.9 Å². The predicted molar refractivity (Wildman–Crippen MR) is 214 cm³/mol. The third-order valence-electron chi connectivity index (χ3n) is 15.3.